The highest BCUT2D eigenvalue weighted by atomic mass is 16.7. The predicted octanol–water partition coefficient (Wildman–Crippen LogP) is 26.4. The van der Waals surface area contributed by atoms with Crippen molar-refractivity contribution in [3.63, 3.8) is 0 Å². The summed E-state index contributed by atoms with van der Waals surface area (Å²) in [5.41, 5.74) is 0. The van der Waals surface area contributed by atoms with Crippen LogP contribution in [0.25, 0.3) is 0 Å². The number of likely N-dealkylation sites (N-methyl/N-ethyl adjacent to an activating group) is 1. The molecule has 0 rings (SSSR count). The lowest BCUT2D eigenvalue weighted by atomic mass is 10.0. The van der Waals surface area contributed by atoms with Crippen LogP contribution in [0.5, 0.6) is 0 Å². The van der Waals surface area contributed by atoms with Gasteiger partial charge in [-0.1, -0.05) is 352 Å². The van der Waals surface area contributed by atoms with Gasteiger partial charge in [0, 0.05) is 12.8 Å². The fraction of sp³-hybridized carbons (Fsp3) is 0.678. The van der Waals surface area contributed by atoms with E-state index in [1.54, 1.807) is 0 Å². The van der Waals surface area contributed by atoms with Crippen molar-refractivity contribution < 1.29 is 42.9 Å². The summed E-state index contributed by atoms with van der Waals surface area (Å²) >= 11 is 0. The van der Waals surface area contributed by atoms with Crippen molar-refractivity contribution in [2.24, 2.45) is 0 Å². The molecule has 0 aromatic carbocycles. The fourth-order valence-electron chi connectivity index (χ4n) is 11.1. The Balaban J connectivity index is 4.09. The van der Waals surface area contributed by atoms with Gasteiger partial charge in [0.25, 0.3) is 6.29 Å². The molecule has 9 heteroatoms. The van der Waals surface area contributed by atoms with Gasteiger partial charge >= 0.3 is 17.9 Å². The monoisotopic (exact) mass is 1380 g/mol. The minimum Gasteiger partial charge on any atom is -0.477 e. The number of quaternary nitrogens is 1. The van der Waals surface area contributed by atoms with Crippen molar-refractivity contribution >= 4 is 17.9 Å². The van der Waals surface area contributed by atoms with Gasteiger partial charge in [-0.3, -0.25) is 9.59 Å². The van der Waals surface area contributed by atoms with Gasteiger partial charge in [-0.15, -0.1) is 0 Å². The third-order valence-corrected chi connectivity index (χ3v) is 17.3. The highest BCUT2D eigenvalue weighted by Crippen LogP contribution is 2.18. The first-order valence-electron chi connectivity index (χ1n) is 40.6. The molecule has 0 aromatic rings. The number of unbranched alkanes of at least 4 members (excludes halogenated alkanes) is 33. The lowest BCUT2D eigenvalue weighted by Crippen LogP contribution is -2.40. The van der Waals surface area contributed by atoms with Crippen LogP contribution in [0.1, 0.15) is 335 Å². The molecule has 0 aliphatic carbocycles. The van der Waals surface area contributed by atoms with Crippen LogP contribution in [-0.4, -0.2) is 87.4 Å². The van der Waals surface area contributed by atoms with Crippen LogP contribution < -0.4 is 0 Å². The maximum atomic E-state index is 13.0. The second-order valence-electron chi connectivity index (χ2n) is 28.0. The Morgan fingerprint density at radius 3 is 0.859 bits per heavy atom. The Labute approximate surface area is 610 Å². The van der Waals surface area contributed by atoms with Gasteiger partial charge in [0.2, 0.25) is 0 Å². The number of hydrogen-bond acceptors (Lipinski definition) is 7. The molecule has 0 aromatic heterocycles. The number of ether oxygens (including phenoxy) is 4. The van der Waals surface area contributed by atoms with Crippen molar-refractivity contribution in [1.82, 2.24) is 0 Å². The number of carboxylic acids is 1. The van der Waals surface area contributed by atoms with E-state index in [4.69, 9.17) is 18.9 Å². The molecular formula is C90H152NO8+. The van der Waals surface area contributed by atoms with E-state index in [0.717, 1.165) is 122 Å². The van der Waals surface area contributed by atoms with Gasteiger partial charge in [0.1, 0.15) is 13.2 Å². The molecule has 0 heterocycles. The number of allylic oxidation sites excluding steroid dienone is 26. The van der Waals surface area contributed by atoms with Gasteiger partial charge in [-0.05, 0) is 128 Å². The quantitative estimate of drug-likeness (QED) is 0.0211. The first-order valence-corrected chi connectivity index (χ1v) is 40.6. The van der Waals surface area contributed by atoms with E-state index in [0.29, 0.717) is 23.9 Å². The Morgan fingerprint density at radius 1 is 0.313 bits per heavy atom. The molecule has 0 amide bonds. The summed E-state index contributed by atoms with van der Waals surface area (Å²) in [7, 11) is 5.97. The molecule has 2 unspecified atom stereocenters. The van der Waals surface area contributed by atoms with Crippen molar-refractivity contribution in [3.8, 4) is 0 Å². The van der Waals surface area contributed by atoms with Crippen molar-refractivity contribution in [2.75, 3.05) is 47.5 Å². The van der Waals surface area contributed by atoms with E-state index in [9.17, 15) is 19.5 Å². The molecular weight excluding hydrogens is 1220 g/mol. The molecule has 1 N–H and O–H groups in total. The molecule has 0 saturated heterocycles. The maximum Gasteiger partial charge on any atom is 0.361 e. The van der Waals surface area contributed by atoms with Gasteiger partial charge < -0.3 is 28.5 Å². The average Bonchev–Trinajstić information content (AvgIpc) is 1.16. The molecule has 0 aliphatic heterocycles. The fourth-order valence-corrected chi connectivity index (χ4v) is 11.1. The standard InChI is InChI=1S/C90H151NO8/c1-6-8-10-12-14-16-18-20-22-24-26-28-30-32-34-36-38-40-42-43-44-45-47-48-50-52-54-56-58-60-62-64-66-68-70-72-74-76-78-80-87(92)97-84-86(85-98-90(89(94)95)96-83-82-91(3,4)5)99-88(93)81-79-77-75-73-71-69-67-65-63-61-59-57-55-53-51-49-46-41-39-37-35-33-31-29-27-25-23-21-19-17-15-13-11-9-7-2/h9,11,15,17-18,20-21,23-24,26-27,29-30,32-33,35,39,41,49,51,55,57,61,63,67,69,86,90H,6-8,10,12-14,16,19,22,25,28,31,34,36-38,40,42-48,50,52-54,56,58-60,62,64-66,68,70-85H2,1-5H3/p+1/b11-9-,17-15-,20-18-,23-21-,26-24-,29-27-,32-30-,35-33-,41-39-,51-49-,57-55-,63-61-,69-67-. The third kappa shape index (κ3) is 80.1. The number of carboxylic acid groups (broad SMARTS) is 1. The zero-order valence-corrected chi connectivity index (χ0v) is 64.6. The predicted molar refractivity (Wildman–Crippen MR) is 428 cm³/mol. The van der Waals surface area contributed by atoms with E-state index in [1.165, 1.54) is 180 Å². The second kappa shape index (κ2) is 78.6. The third-order valence-electron chi connectivity index (χ3n) is 17.3. The highest BCUT2D eigenvalue weighted by molar-refractivity contribution is 5.71. The summed E-state index contributed by atoms with van der Waals surface area (Å²) in [6.45, 7) is 4.73. The van der Waals surface area contributed by atoms with Crippen molar-refractivity contribution in [3.05, 3.63) is 158 Å². The van der Waals surface area contributed by atoms with Gasteiger partial charge in [0.05, 0.1) is 34.4 Å². The second-order valence-corrected chi connectivity index (χ2v) is 28.0. The lowest BCUT2D eigenvalue weighted by Gasteiger charge is -2.25. The van der Waals surface area contributed by atoms with Gasteiger partial charge in [-0.25, -0.2) is 4.79 Å². The van der Waals surface area contributed by atoms with Crippen LogP contribution in [0.3, 0.4) is 0 Å². The molecule has 99 heavy (non-hydrogen) atoms. The van der Waals surface area contributed by atoms with E-state index in [2.05, 4.69) is 172 Å². The number of carbonyl (C=O) groups excluding carboxylic acids is 2. The molecule has 0 aliphatic rings. The summed E-state index contributed by atoms with van der Waals surface area (Å²) in [5.74, 6) is -2.04. The van der Waals surface area contributed by atoms with E-state index in [1.807, 2.05) is 21.1 Å². The first kappa shape index (κ1) is 93.9. The molecule has 0 saturated carbocycles. The lowest BCUT2D eigenvalue weighted by molar-refractivity contribution is -0.870. The van der Waals surface area contributed by atoms with E-state index >= 15 is 0 Å². The summed E-state index contributed by atoms with van der Waals surface area (Å²) in [6, 6.07) is 0. The van der Waals surface area contributed by atoms with E-state index < -0.39 is 24.3 Å². The number of carbonyl (C=O) groups is 3. The summed E-state index contributed by atoms with van der Waals surface area (Å²) < 4.78 is 23.0. The molecule has 564 valence electrons. The number of hydrogen-bond donors (Lipinski definition) is 1. The van der Waals surface area contributed by atoms with Crippen molar-refractivity contribution in [2.45, 2.75) is 347 Å². The van der Waals surface area contributed by atoms with Gasteiger partial charge in [0.15, 0.2) is 6.10 Å². The highest BCUT2D eigenvalue weighted by Gasteiger charge is 2.25. The number of nitrogens with zero attached hydrogens (tertiary/aromatic N) is 1. The molecule has 0 fully saturated rings. The molecule has 0 bridgehead atoms. The van der Waals surface area contributed by atoms with Crippen LogP contribution in [-0.2, 0) is 33.3 Å². The first-order chi connectivity index (χ1) is 48.6. The Kier molecular flexibility index (Phi) is 74.6. The minimum absolute atomic E-state index is 0.176. The summed E-state index contributed by atoms with van der Waals surface area (Å²) in [4.78, 5) is 37.7. The van der Waals surface area contributed by atoms with Crippen LogP contribution in [0, 0.1) is 0 Å². The van der Waals surface area contributed by atoms with Crippen LogP contribution in [0.2, 0.25) is 0 Å². The zero-order chi connectivity index (χ0) is 71.8. The Morgan fingerprint density at radius 2 is 0.576 bits per heavy atom. The average molecular weight is 1380 g/mol. The van der Waals surface area contributed by atoms with Crippen molar-refractivity contribution in [1.29, 1.82) is 0 Å². The Hall–Kier alpha value is -5.09. The summed E-state index contributed by atoms with van der Waals surface area (Å²) in [6.07, 6.45) is 114. The SMILES string of the molecule is CC/C=C\C/C=C\C/C=C\C/C=C\C/C=C\C/C=C\C/C=C\C/C=C\C/C=C\C/C=C\CCCCCCC(=O)OC(COC(=O)CCCCCCCCCCCCCCCCCCCCCCCCCC/C=C\C/C=C\C/C=C\CCCCCCC)COC(OCC[N+](C)(C)C)C(=O)O. The number of aliphatic carboxylic acids is 1. The number of rotatable bonds is 74. The van der Waals surface area contributed by atoms with E-state index in [-0.39, 0.29) is 32.2 Å². The topological polar surface area (TPSA) is 108 Å². The van der Waals surface area contributed by atoms with Crippen LogP contribution in [0.15, 0.2) is 158 Å². The minimum atomic E-state index is -1.53. The largest absolute Gasteiger partial charge is 0.477 e. The zero-order valence-electron chi connectivity index (χ0n) is 64.6. The summed E-state index contributed by atoms with van der Waals surface area (Å²) in [5, 5.41) is 9.77. The molecule has 0 radical (unpaired) electrons. The molecule has 0 spiro atoms. The number of esters is 2. The maximum absolute atomic E-state index is 13.0. The smallest absolute Gasteiger partial charge is 0.361 e. The van der Waals surface area contributed by atoms with Crippen LogP contribution in [0.4, 0.5) is 0 Å². The van der Waals surface area contributed by atoms with Crippen LogP contribution >= 0.6 is 0 Å². The normalized spacial score (nSPS) is 13.5. The molecule has 9 nitrogen and oxygen atoms in total. The molecule has 2 atom stereocenters. The van der Waals surface area contributed by atoms with Gasteiger partial charge in [-0.2, -0.15) is 0 Å². The Bertz CT molecular complexity index is 2200.